The van der Waals surface area contributed by atoms with Gasteiger partial charge in [-0.1, -0.05) is 37.3 Å². The van der Waals surface area contributed by atoms with Crippen LogP contribution in [0.4, 0.5) is 0 Å². The molecule has 1 fully saturated rings. The highest BCUT2D eigenvalue weighted by molar-refractivity contribution is 5.76. The first-order valence-corrected chi connectivity index (χ1v) is 8.46. The second-order valence-corrected chi connectivity index (χ2v) is 6.75. The predicted octanol–water partition coefficient (Wildman–Crippen LogP) is 3.24. The van der Waals surface area contributed by atoms with E-state index in [1.807, 2.05) is 10.8 Å². The minimum atomic E-state index is 0.0829. The van der Waals surface area contributed by atoms with Crippen LogP contribution < -0.4 is 0 Å². The largest absolute Gasteiger partial charge is 0.342 e. The van der Waals surface area contributed by atoms with Gasteiger partial charge in [0.2, 0.25) is 5.91 Å². The normalized spacial score (nSPS) is 21.3. The molecule has 1 amide bonds. The molecule has 1 aromatic carbocycles. The minimum absolute atomic E-state index is 0.0829. The molecule has 1 unspecified atom stereocenters. The van der Waals surface area contributed by atoms with E-state index in [-0.39, 0.29) is 11.3 Å². The molecule has 122 valence electrons. The summed E-state index contributed by atoms with van der Waals surface area (Å²) in [7, 11) is 0. The van der Waals surface area contributed by atoms with Crippen LogP contribution >= 0.6 is 0 Å². The summed E-state index contributed by atoms with van der Waals surface area (Å²) in [4.78, 5) is 18.6. The molecular weight excluding hydrogens is 286 g/mol. The Morgan fingerprint density at radius 1 is 1.30 bits per heavy atom. The molecule has 1 saturated heterocycles. The van der Waals surface area contributed by atoms with Crippen molar-refractivity contribution in [2.45, 2.75) is 44.6 Å². The summed E-state index contributed by atoms with van der Waals surface area (Å²) in [5, 5.41) is 0. The standard InChI is InChI=1S/C19H25N3O/c1-19(17-7-3-2-4-8-17)10-6-13-22(15-19)18(23)9-5-12-21-14-11-20-16-21/h2-4,7-8,11,14,16H,5-6,9-10,12-13,15H2,1H3. The summed E-state index contributed by atoms with van der Waals surface area (Å²) in [6.45, 7) is 4.87. The van der Waals surface area contributed by atoms with Gasteiger partial charge in [-0.25, -0.2) is 4.98 Å². The van der Waals surface area contributed by atoms with Crippen molar-refractivity contribution in [1.29, 1.82) is 0 Å². The van der Waals surface area contributed by atoms with E-state index >= 15 is 0 Å². The fourth-order valence-corrected chi connectivity index (χ4v) is 3.52. The van der Waals surface area contributed by atoms with Crippen LogP contribution in [-0.2, 0) is 16.8 Å². The van der Waals surface area contributed by atoms with Crippen LogP contribution in [0.1, 0.15) is 38.2 Å². The van der Waals surface area contributed by atoms with Crippen LogP contribution in [0, 0.1) is 0 Å². The predicted molar refractivity (Wildman–Crippen MR) is 91.1 cm³/mol. The number of benzene rings is 1. The van der Waals surface area contributed by atoms with Crippen LogP contribution in [0.3, 0.4) is 0 Å². The summed E-state index contributed by atoms with van der Waals surface area (Å²) in [6, 6.07) is 10.6. The van der Waals surface area contributed by atoms with E-state index in [9.17, 15) is 4.79 Å². The quantitative estimate of drug-likeness (QED) is 0.850. The van der Waals surface area contributed by atoms with E-state index < -0.39 is 0 Å². The summed E-state index contributed by atoms with van der Waals surface area (Å²) in [5.74, 6) is 0.284. The third kappa shape index (κ3) is 3.81. The molecule has 0 N–H and O–H groups in total. The second kappa shape index (κ2) is 6.99. The lowest BCUT2D eigenvalue weighted by Crippen LogP contribution is -2.47. The lowest BCUT2D eigenvalue weighted by molar-refractivity contribution is -0.133. The topological polar surface area (TPSA) is 38.1 Å². The van der Waals surface area contributed by atoms with Gasteiger partial charge in [0.15, 0.2) is 0 Å². The van der Waals surface area contributed by atoms with Gasteiger partial charge in [-0.15, -0.1) is 0 Å². The lowest BCUT2D eigenvalue weighted by atomic mass is 9.76. The van der Waals surface area contributed by atoms with Crippen LogP contribution in [-0.4, -0.2) is 33.4 Å². The third-order valence-corrected chi connectivity index (χ3v) is 4.89. The number of aryl methyl sites for hydroxylation is 1. The molecule has 2 aromatic rings. The Kier molecular flexibility index (Phi) is 4.79. The van der Waals surface area contributed by atoms with E-state index in [0.717, 1.165) is 38.9 Å². The van der Waals surface area contributed by atoms with Crippen molar-refractivity contribution < 1.29 is 4.79 Å². The second-order valence-electron chi connectivity index (χ2n) is 6.75. The average Bonchev–Trinajstić information content (AvgIpc) is 3.09. The van der Waals surface area contributed by atoms with Crippen LogP contribution in [0.2, 0.25) is 0 Å². The molecule has 1 aliphatic rings. The molecule has 4 nitrogen and oxygen atoms in total. The molecule has 0 aliphatic carbocycles. The molecule has 0 spiro atoms. The Bertz CT molecular complexity index is 623. The van der Waals surface area contributed by atoms with Gasteiger partial charge < -0.3 is 9.47 Å². The molecule has 23 heavy (non-hydrogen) atoms. The van der Waals surface area contributed by atoms with Crippen LogP contribution in [0.25, 0.3) is 0 Å². The number of amides is 1. The Balaban J connectivity index is 1.56. The highest BCUT2D eigenvalue weighted by Gasteiger charge is 2.34. The molecule has 1 aliphatic heterocycles. The number of nitrogens with zero attached hydrogens (tertiary/aromatic N) is 3. The number of aromatic nitrogens is 2. The van der Waals surface area contributed by atoms with E-state index in [1.54, 1.807) is 12.5 Å². The molecule has 0 bridgehead atoms. The molecule has 1 atom stereocenters. The molecule has 4 heteroatoms. The maximum atomic E-state index is 12.5. The van der Waals surface area contributed by atoms with Crippen molar-refractivity contribution in [1.82, 2.24) is 14.5 Å². The van der Waals surface area contributed by atoms with Crippen LogP contribution in [0.5, 0.6) is 0 Å². The van der Waals surface area contributed by atoms with E-state index in [0.29, 0.717) is 6.42 Å². The zero-order valence-electron chi connectivity index (χ0n) is 13.8. The van der Waals surface area contributed by atoms with Gasteiger partial charge >= 0.3 is 0 Å². The van der Waals surface area contributed by atoms with E-state index in [2.05, 4.69) is 47.1 Å². The van der Waals surface area contributed by atoms with Crippen molar-refractivity contribution >= 4 is 5.91 Å². The number of piperidine rings is 1. The smallest absolute Gasteiger partial charge is 0.222 e. The Hall–Kier alpha value is -2.10. The van der Waals surface area contributed by atoms with Gasteiger partial charge in [-0.3, -0.25) is 4.79 Å². The Morgan fingerprint density at radius 2 is 2.13 bits per heavy atom. The van der Waals surface area contributed by atoms with Gasteiger partial charge in [0.1, 0.15) is 0 Å². The summed E-state index contributed by atoms with van der Waals surface area (Å²) in [5.41, 5.74) is 1.43. The maximum Gasteiger partial charge on any atom is 0.222 e. The number of carbonyl (C=O) groups is 1. The highest BCUT2D eigenvalue weighted by Crippen LogP contribution is 2.33. The van der Waals surface area contributed by atoms with Gasteiger partial charge in [0, 0.05) is 43.9 Å². The first-order chi connectivity index (χ1) is 11.2. The molecular formula is C19H25N3O. The number of rotatable bonds is 5. The lowest BCUT2D eigenvalue weighted by Gasteiger charge is -2.41. The number of likely N-dealkylation sites (tertiary alicyclic amines) is 1. The van der Waals surface area contributed by atoms with Crippen molar-refractivity contribution in [3.8, 4) is 0 Å². The zero-order valence-corrected chi connectivity index (χ0v) is 13.8. The minimum Gasteiger partial charge on any atom is -0.342 e. The van der Waals surface area contributed by atoms with E-state index in [4.69, 9.17) is 0 Å². The fourth-order valence-electron chi connectivity index (χ4n) is 3.52. The average molecular weight is 311 g/mol. The molecule has 1 aromatic heterocycles. The third-order valence-electron chi connectivity index (χ3n) is 4.89. The number of imidazole rings is 1. The van der Waals surface area contributed by atoms with Gasteiger partial charge in [-0.2, -0.15) is 0 Å². The Morgan fingerprint density at radius 3 is 2.87 bits per heavy atom. The van der Waals surface area contributed by atoms with Crippen molar-refractivity contribution in [2.75, 3.05) is 13.1 Å². The molecule has 0 saturated carbocycles. The number of hydrogen-bond acceptors (Lipinski definition) is 2. The highest BCUT2D eigenvalue weighted by atomic mass is 16.2. The Labute approximate surface area is 138 Å². The molecule has 3 rings (SSSR count). The zero-order chi connectivity index (χ0) is 16.1. The van der Waals surface area contributed by atoms with Crippen molar-refractivity contribution in [3.63, 3.8) is 0 Å². The summed E-state index contributed by atoms with van der Waals surface area (Å²) < 4.78 is 2.03. The molecule has 0 radical (unpaired) electrons. The monoisotopic (exact) mass is 311 g/mol. The summed E-state index contributed by atoms with van der Waals surface area (Å²) >= 11 is 0. The van der Waals surface area contributed by atoms with E-state index in [1.165, 1.54) is 5.56 Å². The summed E-state index contributed by atoms with van der Waals surface area (Å²) in [6.07, 6.45) is 9.23. The fraction of sp³-hybridized carbons (Fsp3) is 0.474. The van der Waals surface area contributed by atoms with Crippen LogP contribution in [0.15, 0.2) is 49.1 Å². The van der Waals surface area contributed by atoms with Crippen molar-refractivity contribution in [3.05, 3.63) is 54.6 Å². The van der Waals surface area contributed by atoms with Crippen molar-refractivity contribution in [2.24, 2.45) is 0 Å². The van der Waals surface area contributed by atoms with Gasteiger partial charge in [-0.05, 0) is 24.8 Å². The van der Waals surface area contributed by atoms with Gasteiger partial charge in [0.25, 0.3) is 0 Å². The molecule has 2 heterocycles. The SMILES string of the molecule is CC1(c2ccccc2)CCCN(C(=O)CCCn2ccnc2)C1. The van der Waals surface area contributed by atoms with Gasteiger partial charge in [0.05, 0.1) is 6.33 Å². The number of hydrogen-bond donors (Lipinski definition) is 0. The first kappa shape index (κ1) is 15.8. The first-order valence-electron chi connectivity index (χ1n) is 8.46. The number of carbonyl (C=O) groups excluding carboxylic acids is 1. The maximum absolute atomic E-state index is 12.5.